The van der Waals surface area contributed by atoms with E-state index in [0.29, 0.717) is 44.4 Å². The highest BCUT2D eigenvalue weighted by molar-refractivity contribution is 6.34. The molecule has 0 saturated carbocycles. The second-order valence-corrected chi connectivity index (χ2v) is 7.57. The molecule has 0 radical (unpaired) electrons. The molecule has 8 heteroatoms. The molecule has 2 amide bonds. The van der Waals surface area contributed by atoms with Crippen molar-refractivity contribution in [1.29, 1.82) is 0 Å². The minimum absolute atomic E-state index is 0.201. The number of nitrogens with zero attached hydrogens (tertiary/aromatic N) is 3. The first-order valence-electron chi connectivity index (χ1n) is 9.61. The van der Waals surface area contributed by atoms with Gasteiger partial charge in [-0.1, -0.05) is 41.9 Å². The van der Waals surface area contributed by atoms with Gasteiger partial charge in [-0.2, -0.15) is 5.10 Å². The molecule has 156 valence electrons. The molecule has 4 rings (SSSR count). The standard InChI is InChI=1S/C23H20ClN5O2/c1-13-21-17(23(31)27-19-10-9-16(11-18(19)24)25-14(2)30)12-20(15-7-5-4-6-8-15)26-22(21)29(3)28-13/h4-12H,1-3H3,(H,25,30)(H,27,31). The van der Waals surface area contributed by atoms with Gasteiger partial charge in [-0.25, -0.2) is 4.98 Å². The first-order chi connectivity index (χ1) is 14.8. The van der Waals surface area contributed by atoms with Gasteiger partial charge in [0.1, 0.15) is 0 Å². The molecule has 2 N–H and O–H groups in total. The third kappa shape index (κ3) is 4.13. The van der Waals surface area contributed by atoms with Crippen LogP contribution in [-0.2, 0) is 11.8 Å². The summed E-state index contributed by atoms with van der Waals surface area (Å²) in [7, 11) is 1.80. The zero-order chi connectivity index (χ0) is 22.1. The van der Waals surface area contributed by atoms with Crippen molar-refractivity contribution in [1.82, 2.24) is 14.8 Å². The molecular formula is C23H20ClN5O2. The van der Waals surface area contributed by atoms with Gasteiger partial charge in [0.25, 0.3) is 5.91 Å². The highest BCUT2D eigenvalue weighted by Gasteiger charge is 2.20. The molecule has 7 nitrogen and oxygen atoms in total. The number of amides is 2. The van der Waals surface area contributed by atoms with Gasteiger partial charge in [0.15, 0.2) is 5.65 Å². The number of hydrogen-bond donors (Lipinski definition) is 2. The molecule has 2 aromatic carbocycles. The Bertz CT molecular complexity index is 1310. The fourth-order valence-electron chi connectivity index (χ4n) is 3.47. The number of aromatic nitrogens is 3. The molecule has 0 aliphatic carbocycles. The summed E-state index contributed by atoms with van der Waals surface area (Å²) < 4.78 is 1.67. The average molecular weight is 434 g/mol. The molecule has 2 heterocycles. The van der Waals surface area contributed by atoms with E-state index in [-0.39, 0.29) is 11.8 Å². The van der Waals surface area contributed by atoms with Crippen molar-refractivity contribution in [2.45, 2.75) is 13.8 Å². The monoisotopic (exact) mass is 433 g/mol. The molecule has 4 aromatic rings. The summed E-state index contributed by atoms with van der Waals surface area (Å²) in [6.45, 7) is 3.26. The van der Waals surface area contributed by atoms with E-state index in [1.807, 2.05) is 37.3 Å². The molecule has 0 saturated heterocycles. The summed E-state index contributed by atoms with van der Waals surface area (Å²) in [4.78, 5) is 29.3. The number of nitrogens with one attached hydrogen (secondary N) is 2. The number of rotatable bonds is 4. The minimum Gasteiger partial charge on any atom is -0.326 e. The summed E-state index contributed by atoms with van der Waals surface area (Å²) in [6, 6.07) is 16.3. The summed E-state index contributed by atoms with van der Waals surface area (Å²) in [5.41, 5.74) is 4.35. The summed E-state index contributed by atoms with van der Waals surface area (Å²) >= 11 is 6.33. The number of carbonyl (C=O) groups is 2. The highest BCUT2D eigenvalue weighted by atomic mass is 35.5. The van der Waals surface area contributed by atoms with E-state index in [1.54, 1.807) is 36.0 Å². The lowest BCUT2D eigenvalue weighted by Gasteiger charge is -2.11. The summed E-state index contributed by atoms with van der Waals surface area (Å²) in [5, 5.41) is 11.0. The Morgan fingerprint density at radius 2 is 1.77 bits per heavy atom. The lowest BCUT2D eigenvalue weighted by atomic mass is 10.0. The maximum atomic E-state index is 13.3. The smallest absolute Gasteiger partial charge is 0.256 e. The maximum Gasteiger partial charge on any atom is 0.256 e. The fraction of sp³-hybridized carbons (Fsp3) is 0.130. The SMILES string of the molecule is CC(=O)Nc1ccc(NC(=O)c2cc(-c3ccccc3)nc3c2c(C)nn3C)c(Cl)c1. The normalized spacial score (nSPS) is 10.8. The van der Waals surface area contributed by atoms with Crippen LogP contribution in [-0.4, -0.2) is 26.6 Å². The molecule has 2 aromatic heterocycles. The lowest BCUT2D eigenvalue weighted by Crippen LogP contribution is -2.14. The second-order valence-electron chi connectivity index (χ2n) is 7.16. The second kappa shape index (κ2) is 8.20. The van der Waals surface area contributed by atoms with Crippen molar-refractivity contribution >= 4 is 45.8 Å². The Morgan fingerprint density at radius 3 is 2.45 bits per heavy atom. The minimum atomic E-state index is -0.324. The average Bonchev–Trinajstić information content (AvgIpc) is 3.03. The Balaban J connectivity index is 1.76. The number of hydrogen-bond acceptors (Lipinski definition) is 4. The number of halogens is 1. The van der Waals surface area contributed by atoms with Crippen LogP contribution in [0.4, 0.5) is 11.4 Å². The van der Waals surface area contributed by atoms with Crippen LogP contribution >= 0.6 is 11.6 Å². The molecule has 31 heavy (non-hydrogen) atoms. The van der Waals surface area contributed by atoms with Crippen LogP contribution in [0.1, 0.15) is 23.0 Å². The Kier molecular flexibility index (Phi) is 5.44. The van der Waals surface area contributed by atoms with Crippen LogP contribution in [0.2, 0.25) is 5.02 Å². The van der Waals surface area contributed by atoms with Crippen molar-refractivity contribution in [3.8, 4) is 11.3 Å². The van der Waals surface area contributed by atoms with Crippen LogP contribution in [0.3, 0.4) is 0 Å². The van der Waals surface area contributed by atoms with Gasteiger partial charge in [0, 0.05) is 25.2 Å². The zero-order valence-electron chi connectivity index (χ0n) is 17.2. The zero-order valence-corrected chi connectivity index (χ0v) is 18.0. The van der Waals surface area contributed by atoms with Crippen molar-refractivity contribution < 1.29 is 9.59 Å². The lowest BCUT2D eigenvalue weighted by molar-refractivity contribution is -0.114. The summed E-state index contributed by atoms with van der Waals surface area (Å²) in [5.74, 6) is -0.526. The molecule has 0 aliphatic rings. The molecule has 0 unspecified atom stereocenters. The Labute approximate surface area is 184 Å². The predicted octanol–water partition coefficient (Wildman–Crippen LogP) is 4.81. The number of aryl methyl sites for hydroxylation is 2. The van der Waals surface area contributed by atoms with Gasteiger partial charge >= 0.3 is 0 Å². The van der Waals surface area contributed by atoms with Gasteiger partial charge in [0.05, 0.1) is 33.0 Å². The largest absolute Gasteiger partial charge is 0.326 e. The van der Waals surface area contributed by atoms with E-state index in [0.717, 1.165) is 5.56 Å². The van der Waals surface area contributed by atoms with Gasteiger partial charge in [-0.05, 0) is 31.2 Å². The van der Waals surface area contributed by atoms with E-state index in [9.17, 15) is 9.59 Å². The van der Waals surface area contributed by atoms with E-state index in [1.165, 1.54) is 6.92 Å². The summed E-state index contributed by atoms with van der Waals surface area (Å²) in [6.07, 6.45) is 0. The number of anilines is 2. The van der Waals surface area contributed by atoms with Gasteiger partial charge in [0.2, 0.25) is 5.91 Å². The molecule has 0 fully saturated rings. The molecule has 0 spiro atoms. The molecular weight excluding hydrogens is 414 g/mol. The fourth-order valence-corrected chi connectivity index (χ4v) is 3.70. The third-order valence-corrected chi connectivity index (χ3v) is 5.13. The topological polar surface area (TPSA) is 88.9 Å². The van der Waals surface area contributed by atoms with Gasteiger partial charge in [-0.15, -0.1) is 0 Å². The number of pyridine rings is 1. The van der Waals surface area contributed by atoms with Gasteiger partial charge < -0.3 is 10.6 Å². The first-order valence-corrected chi connectivity index (χ1v) is 9.99. The number of fused-ring (bicyclic) bond motifs is 1. The van der Waals surface area contributed by atoms with Crippen molar-refractivity contribution in [3.05, 3.63) is 70.9 Å². The van der Waals surface area contributed by atoms with Crippen LogP contribution in [0.15, 0.2) is 54.6 Å². The Morgan fingerprint density at radius 1 is 1.03 bits per heavy atom. The third-order valence-electron chi connectivity index (χ3n) is 4.82. The molecule has 0 aliphatic heterocycles. The predicted molar refractivity (Wildman–Crippen MR) is 122 cm³/mol. The van der Waals surface area contributed by atoms with Crippen molar-refractivity contribution in [2.24, 2.45) is 7.05 Å². The first kappa shape index (κ1) is 20.6. The quantitative estimate of drug-likeness (QED) is 0.483. The van der Waals surface area contributed by atoms with Crippen molar-refractivity contribution in [3.63, 3.8) is 0 Å². The molecule has 0 atom stereocenters. The molecule has 0 bridgehead atoms. The number of benzene rings is 2. The van der Waals surface area contributed by atoms with Crippen LogP contribution in [0.25, 0.3) is 22.3 Å². The van der Waals surface area contributed by atoms with Crippen LogP contribution in [0, 0.1) is 6.92 Å². The Hall–Kier alpha value is -3.71. The van der Waals surface area contributed by atoms with E-state index in [2.05, 4.69) is 15.7 Å². The maximum absolute atomic E-state index is 13.3. The number of carbonyl (C=O) groups excluding carboxylic acids is 2. The van der Waals surface area contributed by atoms with E-state index in [4.69, 9.17) is 16.6 Å². The van der Waals surface area contributed by atoms with Crippen LogP contribution < -0.4 is 10.6 Å². The van der Waals surface area contributed by atoms with Crippen LogP contribution in [0.5, 0.6) is 0 Å². The van der Waals surface area contributed by atoms with E-state index >= 15 is 0 Å². The van der Waals surface area contributed by atoms with Gasteiger partial charge in [-0.3, -0.25) is 14.3 Å². The highest BCUT2D eigenvalue weighted by Crippen LogP contribution is 2.30. The van der Waals surface area contributed by atoms with E-state index < -0.39 is 0 Å². The van der Waals surface area contributed by atoms with Crippen molar-refractivity contribution in [2.75, 3.05) is 10.6 Å².